The maximum Gasteiger partial charge on any atom is 0.247 e. The summed E-state index contributed by atoms with van der Waals surface area (Å²) in [6, 6.07) is 10.9. The predicted octanol–water partition coefficient (Wildman–Crippen LogP) is 4.71. The summed E-state index contributed by atoms with van der Waals surface area (Å²) in [6.07, 6.45) is 2.71. The van der Waals surface area contributed by atoms with Crippen LogP contribution in [0.15, 0.2) is 47.4 Å². The largest absolute Gasteiger partial charge is 0.492 e. The van der Waals surface area contributed by atoms with E-state index in [2.05, 4.69) is 0 Å². The van der Waals surface area contributed by atoms with Gasteiger partial charge >= 0.3 is 0 Å². The summed E-state index contributed by atoms with van der Waals surface area (Å²) in [7, 11) is -3.87. The second-order valence-electron chi connectivity index (χ2n) is 8.84. The molecular formula is C25H28ClN3O5S2. The molecule has 0 N–H and O–H groups in total. The molecule has 5 rings (SSSR count). The van der Waals surface area contributed by atoms with E-state index >= 15 is 0 Å². The van der Waals surface area contributed by atoms with Gasteiger partial charge in [0, 0.05) is 18.2 Å². The van der Waals surface area contributed by atoms with Crippen LogP contribution < -0.4 is 9.64 Å². The smallest absolute Gasteiger partial charge is 0.247 e. The average molecular weight is 550 g/mol. The quantitative estimate of drug-likeness (QED) is 0.404. The number of carbonyl (C=O) groups excluding carboxylic acids is 1. The van der Waals surface area contributed by atoms with Crippen LogP contribution in [0.2, 0.25) is 5.02 Å². The average Bonchev–Trinajstić information content (AvgIpc) is 3.64. The van der Waals surface area contributed by atoms with Crippen molar-refractivity contribution < 1.29 is 22.7 Å². The molecule has 192 valence electrons. The third kappa shape index (κ3) is 4.97. The number of fused-ring (bicyclic) bond motifs is 1. The lowest BCUT2D eigenvalue weighted by atomic mass is 10.2. The zero-order valence-corrected chi connectivity index (χ0v) is 22.3. The van der Waals surface area contributed by atoms with Gasteiger partial charge in [-0.15, -0.1) is 0 Å². The first-order valence-corrected chi connectivity index (χ1v) is 14.7. The molecule has 2 aliphatic rings. The van der Waals surface area contributed by atoms with E-state index in [4.69, 9.17) is 26.1 Å². The number of hydrogen-bond donors (Lipinski definition) is 0. The third-order valence-electron chi connectivity index (χ3n) is 6.49. The number of sulfonamides is 1. The number of ether oxygens (including phenoxy) is 2. The number of nitrogens with zero attached hydrogens (tertiary/aromatic N) is 3. The Labute approximate surface area is 219 Å². The van der Waals surface area contributed by atoms with Crippen LogP contribution in [0.1, 0.15) is 32.6 Å². The molecule has 0 bridgehead atoms. The molecule has 2 fully saturated rings. The van der Waals surface area contributed by atoms with Crippen molar-refractivity contribution in [1.82, 2.24) is 9.29 Å². The van der Waals surface area contributed by atoms with Crippen molar-refractivity contribution in [2.24, 2.45) is 0 Å². The highest BCUT2D eigenvalue weighted by Crippen LogP contribution is 2.36. The molecule has 0 spiro atoms. The van der Waals surface area contributed by atoms with E-state index in [9.17, 15) is 13.2 Å². The summed E-state index contributed by atoms with van der Waals surface area (Å²) < 4.78 is 40.8. The molecule has 8 nitrogen and oxygen atoms in total. The first-order valence-electron chi connectivity index (χ1n) is 12.1. The fourth-order valence-electron chi connectivity index (χ4n) is 4.75. The molecule has 2 unspecified atom stereocenters. The summed E-state index contributed by atoms with van der Waals surface area (Å²) in [5.41, 5.74) is 0.696. The Kier molecular flexibility index (Phi) is 7.50. The molecule has 0 radical (unpaired) electrons. The number of halogens is 1. The van der Waals surface area contributed by atoms with Crippen LogP contribution in [0.4, 0.5) is 5.13 Å². The van der Waals surface area contributed by atoms with Crippen LogP contribution in [0, 0.1) is 0 Å². The van der Waals surface area contributed by atoms with E-state index in [-0.39, 0.29) is 23.5 Å². The lowest BCUT2D eigenvalue weighted by Gasteiger charge is -2.29. The van der Waals surface area contributed by atoms with E-state index in [0.29, 0.717) is 54.0 Å². The van der Waals surface area contributed by atoms with E-state index in [1.165, 1.54) is 27.8 Å². The van der Waals surface area contributed by atoms with Crippen LogP contribution >= 0.6 is 22.9 Å². The Balaban J connectivity index is 1.49. The van der Waals surface area contributed by atoms with Crippen LogP contribution in [0.3, 0.4) is 0 Å². The van der Waals surface area contributed by atoms with Gasteiger partial charge in [0.2, 0.25) is 15.9 Å². The summed E-state index contributed by atoms with van der Waals surface area (Å²) >= 11 is 7.36. The first-order chi connectivity index (χ1) is 17.4. The number of thiazole rings is 1. The van der Waals surface area contributed by atoms with Crippen molar-refractivity contribution in [2.75, 3.05) is 31.2 Å². The van der Waals surface area contributed by atoms with Gasteiger partial charge in [0.05, 0.1) is 28.9 Å². The highest BCUT2D eigenvalue weighted by atomic mass is 35.5. The molecule has 1 aromatic heterocycles. The number of rotatable bonds is 8. The van der Waals surface area contributed by atoms with Gasteiger partial charge in [-0.1, -0.05) is 29.0 Å². The second-order valence-corrected chi connectivity index (χ2v) is 12.2. The molecule has 2 atom stereocenters. The first kappa shape index (κ1) is 25.4. The highest BCUT2D eigenvalue weighted by molar-refractivity contribution is 7.89. The standard InChI is InChI=1S/C25H28ClN3O5S2/c1-2-33-21-8-3-9-22-23(21)27-25(35-22)28(16-18-6-5-15-34-18)24(30)20-7-4-14-29(20)36(31,32)19-12-10-17(26)11-13-19/h3,8-13,18,20H,2,4-7,14-16H2,1H3. The molecule has 2 aromatic carbocycles. The molecule has 3 heterocycles. The molecule has 2 aliphatic heterocycles. The van der Waals surface area contributed by atoms with Crippen molar-refractivity contribution in [1.29, 1.82) is 0 Å². The fourth-order valence-corrected chi connectivity index (χ4v) is 7.52. The maximum absolute atomic E-state index is 14.0. The van der Waals surface area contributed by atoms with Crippen LogP contribution in [-0.4, -0.2) is 62.1 Å². The topological polar surface area (TPSA) is 89.0 Å². The lowest BCUT2D eigenvalue weighted by molar-refractivity contribution is -0.122. The number of anilines is 1. The second kappa shape index (κ2) is 10.6. The van der Waals surface area contributed by atoms with Crippen molar-refractivity contribution in [3.63, 3.8) is 0 Å². The Morgan fingerprint density at radius 2 is 2.03 bits per heavy atom. The van der Waals surface area contributed by atoms with Crippen molar-refractivity contribution >= 4 is 54.2 Å². The van der Waals surface area contributed by atoms with Gasteiger partial charge in [-0.3, -0.25) is 9.69 Å². The van der Waals surface area contributed by atoms with Gasteiger partial charge in [0.1, 0.15) is 17.3 Å². The monoisotopic (exact) mass is 549 g/mol. The normalized spacial score (nSPS) is 20.7. The van der Waals surface area contributed by atoms with E-state index in [1.807, 2.05) is 25.1 Å². The Morgan fingerprint density at radius 1 is 1.22 bits per heavy atom. The van der Waals surface area contributed by atoms with Crippen LogP contribution in [0.25, 0.3) is 10.2 Å². The number of aromatic nitrogens is 1. The molecule has 0 aliphatic carbocycles. The van der Waals surface area contributed by atoms with Crippen molar-refractivity contribution in [3.8, 4) is 5.75 Å². The number of benzene rings is 2. The maximum atomic E-state index is 14.0. The highest BCUT2D eigenvalue weighted by Gasteiger charge is 2.42. The number of amides is 1. The van der Waals surface area contributed by atoms with E-state index in [1.54, 1.807) is 17.0 Å². The van der Waals surface area contributed by atoms with Crippen LogP contribution in [0.5, 0.6) is 5.75 Å². The van der Waals surface area contributed by atoms with Crippen molar-refractivity contribution in [3.05, 3.63) is 47.5 Å². The van der Waals surface area contributed by atoms with Gasteiger partial charge in [0.15, 0.2) is 5.13 Å². The zero-order valence-electron chi connectivity index (χ0n) is 19.9. The van der Waals surface area contributed by atoms with Crippen molar-refractivity contribution in [2.45, 2.75) is 49.6 Å². The lowest BCUT2D eigenvalue weighted by Crippen LogP contribution is -2.49. The minimum absolute atomic E-state index is 0.116. The van der Waals surface area contributed by atoms with Gasteiger partial charge in [-0.25, -0.2) is 13.4 Å². The molecule has 3 aromatic rings. The molecule has 1 amide bonds. The minimum atomic E-state index is -3.87. The zero-order chi connectivity index (χ0) is 25.3. The SMILES string of the molecule is CCOc1cccc2sc(N(CC3CCCO3)C(=O)C3CCCN3S(=O)(=O)c3ccc(Cl)cc3)nc12. The summed E-state index contributed by atoms with van der Waals surface area (Å²) in [6.45, 7) is 3.68. The Morgan fingerprint density at radius 3 is 2.75 bits per heavy atom. The molecule has 2 saturated heterocycles. The summed E-state index contributed by atoms with van der Waals surface area (Å²) in [5.74, 6) is 0.382. The fraction of sp³-hybridized carbons (Fsp3) is 0.440. The van der Waals surface area contributed by atoms with Gasteiger partial charge in [0.25, 0.3) is 0 Å². The molecule has 36 heavy (non-hydrogen) atoms. The number of carbonyl (C=O) groups is 1. The van der Waals surface area contributed by atoms with Crippen LogP contribution in [-0.2, 0) is 19.6 Å². The Hall–Kier alpha value is -2.24. The van der Waals surface area contributed by atoms with E-state index in [0.717, 1.165) is 17.5 Å². The summed E-state index contributed by atoms with van der Waals surface area (Å²) in [5, 5.41) is 0.974. The minimum Gasteiger partial charge on any atom is -0.492 e. The number of hydrogen-bond acceptors (Lipinski definition) is 7. The number of para-hydroxylation sites is 1. The Bertz CT molecular complexity index is 1340. The molecular weight excluding hydrogens is 522 g/mol. The predicted molar refractivity (Wildman–Crippen MR) is 140 cm³/mol. The summed E-state index contributed by atoms with van der Waals surface area (Å²) in [4.78, 5) is 20.6. The van der Waals surface area contributed by atoms with Gasteiger partial charge < -0.3 is 9.47 Å². The van der Waals surface area contributed by atoms with Gasteiger partial charge in [-0.05, 0) is 69.0 Å². The molecule has 11 heteroatoms. The molecule has 0 saturated carbocycles. The van der Waals surface area contributed by atoms with E-state index < -0.39 is 16.1 Å². The third-order valence-corrected chi connectivity index (χ3v) is 9.70. The van der Waals surface area contributed by atoms with Gasteiger partial charge in [-0.2, -0.15) is 4.31 Å².